The Balaban J connectivity index is 1.18. The van der Waals surface area contributed by atoms with E-state index in [-0.39, 0.29) is 0 Å². The fraction of sp³-hybridized carbons (Fsp3) is 0. The second-order valence-corrected chi connectivity index (χ2v) is 16.3. The molecule has 0 aliphatic heterocycles. The van der Waals surface area contributed by atoms with E-state index < -0.39 is 0 Å². The van der Waals surface area contributed by atoms with Crippen LogP contribution >= 0.6 is 22.7 Å². The van der Waals surface area contributed by atoms with Crippen molar-refractivity contribution in [2.75, 3.05) is 4.90 Å². The summed E-state index contributed by atoms with van der Waals surface area (Å²) >= 11 is 3.75. The van der Waals surface area contributed by atoms with Crippen molar-refractivity contribution in [2.45, 2.75) is 0 Å². The van der Waals surface area contributed by atoms with Crippen LogP contribution in [0.4, 0.5) is 17.1 Å². The molecule has 0 radical (unpaired) electrons. The predicted octanol–water partition coefficient (Wildman–Crippen LogP) is 15.3. The van der Waals surface area contributed by atoms with Gasteiger partial charge < -0.3 is 9.47 Å². The van der Waals surface area contributed by atoms with Crippen LogP contribution in [0.1, 0.15) is 0 Å². The Kier molecular flexibility index (Phi) is 6.41. The van der Waals surface area contributed by atoms with Crippen LogP contribution in [0.25, 0.3) is 89.4 Å². The summed E-state index contributed by atoms with van der Waals surface area (Å²) in [5, 5.41) is 12.7. The summed E-state index contributed by atoms with van der Waals surface area (Å²) < 4.78 is 7.68. The van der Waals surface area contributed by atoms with Gasteiger partial charge in [0.05, 0.1) is 16.7 Å². The van der Waals surface area contributed by atoms with Crippen molar-refractivity contribution < 1.29 is 0 Å². The van der Waals surface area contributed by atoms with E-state index in [2.05, 4.69) is 191 Å². The Labute approximate surface area is 319 Å². The van der Waals surface area contributed by atoms with Crippen LogP contribution in [0, 0.1) is 0 Å². The summed E-state index contributed by atoms with van der Waals surface area (Å²) in [4.78, 5) is 2.50. The minimum Gasteiger partial charge on any atom is -0.310 e. The molecule has 3 aromatic heterocycles. The monoisotopic (exact) mass is 722 g/mol. The molecule has 2 nitrogen and oxygen atoms in total. The minimum atomic E-state index is 1.12. The molecule has 0 fully saturated rings. The van der Waals surface area contributed by atoms with Crippen molar-refractivity contribution in [2.24, 2.45) is 0 Å². The summed E-state index contributed by atoms with van der Waals surface area (Å²) in [6.45, 7) is 0. The van der Waals surface area contributed by atoms with Gasteiger partial charge in [0.2, 0.25) is 0 Å². The van der Waals surface area contributed by atoms with Crippen LogP contribution < -0.4 is 4.90 Å². The second kappa shape index (κ2) is 11.5. The molecule has 0 atom stereocenters. The topological polar surface area (TPSA) is 8.17 Å². The molecule has 0 saturated heterocycles. The molecule has 12 rings (SSSR count). The molecule has 0 bridgehead atoms. The number of nitrogens with zero attached hydrogens (tertiary/aromatic N) is 2. The molecule has 252 valence electrons. The summed E-state index contributed by atoms with van der Waals surface area (Å²) in [6, 6.07) is 67.3. The quantitative estimate of drug-likeness (QED) is 0.176. The molecular weight excluding hydrogens is 693 g/mol. The Bertz CT molecular complexity index is 3460. The summed E-state index contributed by atoms with van der Waals surface area (Å²) in [6.07, 6.45) is 0. The van der Waals surface area contributed by atoms with Gasteiger partial charge in [0.15, 0.2) is 0 Å². The summed E-state index contributed by atoms with van der Waals surface area (Å²) in [5.74, 6) is 0. The van der Waals surface area contributed by atoms with Crippen LogP contribution in [-0.4, -0.2) is 4.57 Å². The molecule has 0 saturated carbocycles. The molecule has 0 aliphatic rings. The van der Waals surface area contributed by atoms with Gasteiger partial charge in [0, 0.05) is 73.6 Å². The van der Waals surface area contributed by atoms with Crippen molar-refractivity contribution in [3.63, 3.8) is 0 Å². The highest BCUT2D eigenvalue weighted by atomic mass is 32.1. The Hall–Kier alpha value is -6.46. The van der Waals surface area contributed by atoms with E-state index in [9.17, 15) is 0 Å². The van der Waals surface area contributed by atoms with Gasteiger partial charge in [-0.2, -0.15) is 0 Å². The lowest BCUT2D eigenvalue weighted by Gasteiger charge is -2.27. The van der Waals surface area contributed by atoms with Gasteiger partial charge in [-0.05, 0) is 89.0 Å². The molecule has 9 aromatic carbocycles. The zero-order valence-corrected chi connectivity index (χ0v) is 30.7. The SMILES string of the molecule is c1ccc(-n2c3cc(N(c4ccc5sc6cc7ccccc7cc6c5c4)c4cccc5sc6ccccc6c45)ccc3c3ccc4ccccc4c32)cc1. The van der Waals surface area contributed by atoms with Crippen molar-refractivity contribution in [3.05, 3.63) is 182 Å². The third kappa shape index (κ3) is 4.38. The van der Waals surface area contributed by atoms with Crippen molar-refractivity contribution in [3.8, 4) is 5.69 Å². The number of rotatable bonds is 4. The normalized spacial score (nSPS) is 12.1. The number of aromatic nitrogens is 1. The number of para-hydroxylation sites is 1. The average molecular weight is 723 g/mol. The Morgan fingerprint density at radius 2 is 1.02 bits per heavy atom. The molecular formula is C50H30N2S2. The molecule has 0 N–H and O–H groups in total. The van der Waals surface area contributed by atoms with Gasteiger partial charge in [-0.15, -0.1) is 22.7 Å². The van der Waals surface area contributed by atoms with Crippen molar-refractivity contribution in [1.29, 1.82) is 0 Å². The highest BCUT2D eigenvalue weighted by Crippen LogP contribution is 2.48. The van der Waals surface area contributed by atoms with E-state index in [0.717, 1.165) is 17.1 Å². The van der Waals surface area contributed by atoms with Crippen LogP contribution in [-0.2, 0) is 0 Å². The molecule has 3 heterocycles. The van der Waals surface area contributed by atoms with E-state index in [0.29, 0.717) is 0 Å². The van der Waals surface area contributed by atoms with E-state index in [1.807, 2.05) is 22.7 Å². The van der Waals surface area contributed by atoms with Gasteiger partial charge in [-0.3, -0.25) is 0 Å². The maximum Gasteiger partial charge on any atom is 0.0619 e. The van der Waals surface area contributed by atoms with E-state index in [1.54, 1.807) is 0 Å². The van der Waals surface area contributed by atoms with Gasteiger partial charge in [-0.1, -0.05) is 109 Å². The van der Waals surface area contributed by atoms with E-state index in [4.69, 9.17) is 0 Å². The highest BCUT2D eigenvalue weighted by molar-refractivity contribution is 7.26. The fourth-order valence-electron chi connectivity index (χ4n) is 8.71. The van der Waals surface area contributed by atoms with Crippen LogP contribution in [0.15, 0.2) is 182 Å². The molecule has 0 aliphatic carbocycles. The lowest BCUT2D eigenvalue weighted by Crippen LogP contribution is -2.10. The summed E-state index contributed by atoms with van der Waals surface area (Å²) in [5.41, 5.74) is 7.03. The fourth-order valence-corrected chi connectivity index (χ4v) is 11.0. The number of hydrogen-bond donors (Lipinski definition) is 0. The van der Waals surface area contributed by atoms with E-state index >= 15 is 0 Å². The first kappa shape index (κ1) is 30.0. The maximum atomic E-state index is 2.50. The molecule has 54 heavy (non-hydrogen) atoms. The highest BCUT2D eigenvalue weighted by Gasteiger charge is 2.22. The number of benzene rings is 9. The lowest BCUT2D eigenvalue weighted by atomic mass is 10.0. The molecule has 0 unspecified atom stereocenters. The molecule has 0 spiro atoms. The molecule has 12 aromatic rings. The van der Waals surface area contributed by atoms with Crippen LogP contribution in [0.3, 0.4) is 0 Å². The summed E-state index contributed by atoms with van der Waals surface area (Å²) in [7, 11) is 0. The third-order valence-electron chi connectivity index (χ3n) is 11.1. The average Bonchev–Trinajstić information content (AvgIpc) is 3.89. The Morgan fingerprint density at radius 3 is 1.91 bits per heavy atom. The van der Waals surface area contributed by atoms with Gasteiger partial charge >= 0.3 is 0 Å². The number of anilines is 3. The first-order chi connectivity index (χ1) is 26.8. The number of hydrogen-bond acceptors (Lipinski definition) is 3. The largest absolute Gasteiger partial charge is 0.310 e. The minimum absolute atomic E-state index is 1.12. The number of thiophene rings is 2. The first-order valence-corrected chi connectivity index (χ1v) is 20.0. The zero-order valence-electron chi connectivity index (χ0n) is 29.0. The lowest BCUT2D eigenvalue weighted by molar-refractivity contribution is 1.18. The predicted molar refractivity (Wildman–Crippen MR) is 236 cm³/mol. The van der Waals surface area contributed by atoms with Crippen molar-refractivity contribution >= 4 is 123 Å². The molecule has 4 heteroatoms. The van der Waals surface area contributed by atoms with E-state index in [1.165, 1.54) is 89.4 Å². The Morgan fingerprint density at radius 1 is 0.370 bits per heavy atom. The standard InChI is InChI=1S/C50H30N2S2/c1-2-14-34(15-3-1)52-44-30-36(22-25-38(44)39-24-21-31-11-6-7-16-37(31)50(39)52)51(43-18-10-20-47-49(43)40-17-8-9-19-45(40)53-47)35-23-26-46-42(29-35)41-27-32-12-4-5-13-33(32)28-48(41)54-46/h1-30H. The maximum absolute atomic E-state index is 2.50. The third-order valence-corrected chi connectivity index (χ3v) is 13.4. The van der Waals surface area contributed by atoms with Gasteiger partial charge in [-0.25, -0.2) is 0 Å². The zero-order chi connectivity index (χ0) is 35.3. The van der Waals surface area contributed by atoms with Gasteiger partial charge in [0.1, 0.15) is 0 Å². The van der Waals surface area contributed by atoms with Crippen molar-refractivity contribution in [1.82, 2.24) is 4.57 Å². The second-order valence-electron chi connectivity index (χ2n) is 14.1. The van der Waals surface area contributed by atoms with Crippen LogP contribution in [0.5, 0.6) is 0 Å². The van der Waals surface area contributed by atoms with Crippen LogP contribution in [0.2, 0.25) is 0 Å². The van der Waals surface area contributed by atoms with Gasteiger partial charge in [0.25, 0.3) is 0 Å². The first-order valence-electron chi connectivity index (χ1n) is 18.3. The smallest absolute Gasteiger partial charge is 0.0619 e. The molecule has 0 amide bonds. The number of fused-ring (bicyclic) bond motifs is 12.